The highest BCUT2D eigenvalue weighted by molar-refractivity contribution is 6.39. The molecular weight excluding hydrogens is 450 g/mol. The normalized spacial score (nSPS) is 18.0. The van der Waals surface area contributed by atoms with Crippen molar-refractivity contribution < 1.29 is 28.7 Å². The highest BCUT2D eigenvalue weighted by Crippen LogP contribution is 2.34. The number of amides is 2. The molecule has 2 N–H and O–H groups in total. The number of benzene rings is 2. The number of ketones is 3. The van der Waals surface area contributed by atoms with Gasteiger partial charge in [-0.3, -0.25) is 19.8 Å². The number of anilines is 1. The minimum absolute atomic E-state index is 0.0417. The van der Waals surface area contributed by atoms with Crippen LogP contribution < -0.4 is 15.5 Å². The van der Waals surface area contributed by atoms with E-state index in [9.17, 15) is 19.2 Å². The van der Waals surface area contributed by atoms with Gasteiger partial charge in [0.15, 0.2) is 17.3 Å². The Kier molecular flexibility index (Phi) is 7.02. The Bertz CT molecular complexity index is 1080. The maximum absolute atomic E-state index is 13.1. The number of Topliss-reactive ketones (excluding diaryl/α,β-unsaturated/α-hetero) is 3. The van der Waals surface area contributed by atoms with Crippen LogP contribution in [0.15, 0.2) is 42.5 Å². The zero-order valence-electron chi connectivity index (χ0n) is 17.6. The van der Waals surface area contributed by atoms with Crippen LogP contribution in [-0.4, -0.2) is 67.2 Å². The first-order valence-electron chi connectivity index (χ1n) is 10.4. The third kappa shape index (κ3) is 4.90. The molecule has 10 heteroatoms. The molecule has 2 aromatic rings. The van der Waals surface area contributed by atoms with Gasteiger partial charge in [-0.1, -0.05) is 12.1 Å². The number of carbonyl (C=O) groups excluding carboxylic acids is 4. The molecule has 1 fully saturated rings. The third-order valence-corrected chi connectivity index (χ3v) is 5.52. The Morgan fingerprint density at radius 1 is 1.06 bits per heavy atom. The second-order valence-corrected chi connectivity index (χ2v) is 7.86. The Morgan fingerprint density at radius 3 is 2.48 bits per heavy atom. The quantitative estimate of drug-likeness (QED) is 0.362. The highest BCUT2D eigenvalue weighted by atomic mass is 35.5. The summed E-state index contributed by atoms with van der Waals surface area (Å²) < 4.78 is 10.6. The molecule has 172 valence electrons. The summed E-state index contributed by atoms with van der Waals surface area (Å²) in [5.41, 5.74) is 3.23. The molecule has 0 aromatic heterocycles. The lowest BCUT2D eigenvalue weighted by molar-refractivity contribution is 0.0207. The van der Waals surface area contributed by atoms with E-state index in [1.165, 1.54) is 24.3 Å². The number of hydrazine groups is 1. The molecule has 1 saturated heterocycles. The van der Waals surface area contributed by atoms with Crippen LogP contribution in [0, 0.1) is 5.92 Å². The lowest BCUT2D eigenvalue weighted by Gasteiger charge is -2.27. The van der Waals surface area contributed by atoms with Gasteiger partial charge in [0.1, 0.15) is 18.3 Å². The Hall–Kier alpha value is -3.27. The van der Waals surface area contributed by atoms with Gasteiger partial charge < -0.3 is 14.8 Å². The van der Waals surface area contributed by atoms with Crippen molar-refractivity contribution in [3.63, 3.8) is 0 Å². The number of hydrogen-bond donors (Lipinski definition) is 2. The number of morpholine rings is 1. The van der Waals surface area contributed by atoms with Crippen LogP contribution in [0.4, 0.5) is 10.5 Å². The molecule has 1 aliphatic heterocycles. The summed E-state index contributed by atoms with van der Waals surface area (Å²) >= 11 is 5.60. The van der Waals surface area contributed by atoms with E-state index in [1.807, 2.05) is 0 Å². The SMILES string of the molecule is O=C(Nc1cccc2c1C(=O)C(C(=O)c1ccc(OCCCl)cc1)C2=O)NN1CCOCC1. The molecule has 2 aliphatic rings. The molecule has 4 rings (SSSR count). The van der Waals surface area contributed by atoms with E-state index in [1.54, 1.807) is 23.2 Å². The summed E-state index contributed by atoms with van der Waals surface area (Å²) in [6.07, 6.45) is 0. The molecule has 0 spiro atoms. The first-order chi connectivity index (χ1) is 16.0. The van der Waals surface area contributed by atoms with Crippen molar-refractivity contribution in [3.8, 4) is 5.75 Å². The number of rotatable bonds is 7. The topological polar surface area (TPSA) is 114 Å². The van der Waals surface area contributed by atoms with Gasteiger partial charge in [-0.05, 0) is 30.3 Å². The fourth-order valence-electron chi connectivity index (χ4n) is 3.79. The number of nitrogens with one attached hydrogen (secondary N) is 2. The first kappa shape index (κ1) is 22.9. The Morgan fingerprint density at radius 2 is 1.79 bits per heavy atom. The third-order valence-electron chi connectivity index (χ3n) is 5.37. The summed E-state index contributed by atoms with van der Waals surface area (Å²) in [5, 5.41) is 4.32. The lowest BCUT2D eigenvalue weighted by atomic mass is 9.93. The van der Waals surface area contributed by atoms with Crippen LogP contribution in [0.1, 0.15) is 31.1 Å². The van der Waals surface area contributed by atoms with Gasteiger partial charge in [-0.2, -0.15) is 0 Å². The number of halogens is 1. The van der Waals surface area contributed by atoms with Crippen LogP contribution in [0.3, 0.4) is 0 Å². The number of hydrogen-bond acceptors (Lipinski definition) is 7. The molecule has 2 aromatic carbocycles. The molecular formula is C23H22ClN3O6. The maximum atomic E-state index is 13.1. The molecule has 1 aliphatic carbocycles. The van der Waals surface area contributed by atoms with Crippen LogP contribution in [0.25, 0.3) is 0 Å². The molecule has 1 heterocycles. The molecule has 9 nitrogen and oxygen atoms in total. The number of urea groups is 1. The second-order valence-electron chi connectivity index (χ2n) is 7.48. The van der Waals surface area contributed by atoms with Crippen molar-refractivity contribution in [2.75, 3.05) is 44.1 Å². The Balaban J connectivity index is 1.51. The van der Waals surface area contributed by atoms with Crippen molar-refractivity contribution >= 4 is 40.7 Å². The zero-order valence-corrected chi connectivity index (χ0v) is 18.4. The van der Waals surface area contributed by atoms with Crippen LogP contribution in [-0.2, 0) is 4.74 Å². The van der Waals surface area contributed by atoms with Crippen LogP contribution in [0.5, 0.6) is 5.75 Å². The second kappa shape index (κ2) is 10.1. The van der Waals surface area contributed by atoms with Gasteiger partial charge in [-0.25, -0.2) is 9.80 Å². The van der Waals surface area contributed by atoms with E-state index in [-0.39, 0.29) is 22.4 Å². The van der Waals surface area contributed by atoms with E-state index in [4.69, 9.17) is 21.1 Å². The number of alkyl halides is 1. The largest absolute Gasteiger partial charge is 0.492 e. The Labute approximate surface area is 194 Å². The standard InChI is InChI=1S/C23H22ClN3O6/c24-8-11-33-15-6-4-14(5-7-15)20(28)19-21(29)16-2-1-3-17(18(16)22(19)30)25-23(31)26-27-9-12-32-13-10-27/h1-7,19H,8-13H2,(H2,25,26,31). The molecule has 33 heavy (non-hydrogen) atoms. The van der Waals surface area contributed by atoms with Crippen LogP contribution in [0.2, 0.25) is 0 Å². The van der Waals surface area contributed by atoms with Crippen molar-refractivity contribution in [3.05, 3.63) is 59.2 Å². The van der Waals surface area contributed by atoms with E-state index in [0.717, 1.165) is 0 Å². The predicted molar refractivity (Wildman–Crippen MR) is 120 cm³/mol. The van der Waals surface area contributed by atoms with Crippen LogP contribution >= 0.6 is 11.6 Å². The van der Waals surface area contributed by atoms with E-state index < -0.39 is 29.3 Å². The molecule has 0 saturated carbocycles. The molecule has 2 amide bonds. The summed E-state index contributed by atoms with van der Waals surface area (Å²) in [7, 11) is 0. The minimum Gasteiger partial charge on any atom is -0.492 e. The highest BCUT2D eigenvalue weighted by Gasteiger charge is 2.45. The minimum atomic E-state index is -1.49. The molecule has 1 atom stereocenters. The fourth-order valence-corrected chi connectivity index (χ4v) is 3.87. The number of ether oxygens (including phenoxy) is 2. The van der Waals surface area contributed by atoms with Gasteiger partial charge >= 0.3 is 6.03 Å². The summed E-state index contributed by atoms with van der Waals surface area (Å²) in [4.78, 5) is 51.6. The van der Waals surface area contributed by atoms with E-state index in [0.29, 0.717) is 44.5 Å². The van der Waals surface area contributed by atoms with E-state index >= 15 is 0 Å². The number of nitrogens with zero attached hydrogens (tertiary/aromatic N) is 1. The van der Waals surface area contributed by atoms with Crippen molar-refractivity contribution in [2.45, 2.75) is 0 Å². The van der Waals surface area contributed by atoms with Gasteiger partial charge in [0.25, 0.3) is 0 Å². The fraction of sp³-hybridized carbons (Fsp3) is 0.304. The zero-order chi connectivity index (χ0) is 23.4. The van der Waals surface area contributed by atoms with Crippen molar-refractivity contribution in [2.24, 2.45) is 5.92 Å². The monoisotopic (exact) mass is 471 g/mol. The molecule has 1 unspecified atom stereocenters. The van der Waals surface area contributed by atoms with Gasteiger partial charge in [0.05, 0.1) is 30.3 Å². The summed E-state index contributed by atoms with van der Waals surface area (Å²) in [6.45, 7) is 2.38. The predicted octanol–water partition coefficient (Wildman–Crippen LogP) is 2.55. The first-order valence-corrected chi connectivity index (χ1v) is 11.0. The molecule has 0 bridgehead atoms. The van der Waals surface area contributed by atoms with Gasteiger partial charge in [0.2, 0.25) is 0 Å². The average molecular weight is 472 g/mol. The van der Waals surface area contributed by atoms with E-state index in [2.05, 4.69) is 10.7 Å². The number of carbonyl (C=O) groups is 4. The molecule has 0 radical (unpaired) electrons. The summed E-state index contributed by atoms with van der Waals surface area (Å²) in [5.74, 6) is -2.46. The maximum Gasteiger partial charge on any atom is 0.333 e. The smallest absolute Gasteiger partial charge is 0.333 e. The summed E-state index contributed by atoms with van der Waals surface area (Å²) in [6, 6.07) is 10.2. The average Bonchev–Trinajstić information content (AvgIpc) is 3.09. The van der Waals surface area contributed by atoms with Crippen molar-refractivity contribution in [1.82, 2.24) is 10.4 Å². The van der Waals surface area contributed by atoms with Gasteiger partial charge in [-0.15, -0.1) is 11.6 Å². The number of fused-ring (bicyclic) bond motifs is 1. The van der Waals surface area contributed by atoms with Gasteiger partial charge in [0, 0.05) is 24.2 Å². The van der Waals surface area contributed by atoms with Crippen molar-refractivity contribution in [1.29, 1.82) is 0 Å². The lowest BCUT2D eigenvalue weighted by Crippen LogP contribution is -2.49.